The summed E-state index contributed by atoms with van der Waals surface area (Å²) >= 11 is 0. The zero-order chi connectivity index (χ0) is 42.2. The number of unbranched alkanes of at least 4 members (excludes halogenated alkanes) is 30. The molecular formula is C49H94O9. The summed E-state index contributed by atoms with van der Waals surface area (Å²) in [6.07, 6.45) is 39.6. The first kappa shape index (κ1) is 54.9. The van der Waals surface area contributed by atoms with E-state index in [1.807, 2.05) is 0 Å². The predicted molar refractivity (Wildman–Crippen MR) is 238 cm³/mol. The third-order valence-corrected chi connectivity index (χ3v) is 11.7. The minimum absolute atomic E-state index is 0.108. The van der Waals surface area contributed by atoms with Crippen molar-refractivity contribution in [2.24, 2.45) is 0 Å². The third-order valence-electron chi connectivity index (χ3n) is 11.7. The van der Waals surface area contributed by atoms with Crippen LogP contribution in [-0.2, 0) is 23.7 Å². The minimum atomic E-state index is -1.53. The van der Waals surface area contributed by atoms with Crippen LogP contribution in [0.25, 0.3) is 0 Å². The van der Waals surface area contributed by atoms with Crippen LogP contribution in [0.4, 0.5) is 0 Å². The van der Waals surface area contributed by atoms with Crippen LogP contribution in [0.2, 0.25) is 0 Å². The summed E-state index contributed by atoms with van der Waals surface area (Å²) < 4.78 is 22.9. The normalized spacial score (nSPS) is 20.3. The Labute approximate surface area is 356 Å². The molecule has 6 atom stereocenters. The molecule has 0 aromatic rings. The van der Waals surface area contributed by atoms with Crippen LogP contribution < -0.4 is 0 Å². The molecule has 1 rings (SSSR count). The maximum Gasteiger partial charge on any atom is 0.306 e. The van der Waals surface area contributed by atoms with Crippen LogP contribution in [0.15, 0.2) is 12.2 Å². The summed E-state index contributed by atoms with van der Waals surface area (Å²) in [5, 5.41) is 40.2. The average Bonchev–Trinajstić information content (AvgIpc) is 3.22. The first-order chi connectivity index (χ1) is 28.4. The van der Waals surface area contributed by atoms with Crippen molar-refractivity contribution in [1.29, 1.82) is 0 Å². The van der Waals surface area contributed by atoms with Crippen molar-refractivity contribution in [3.8, 4) is 0 Å². The van der Waals surface area contributed by atoms with Gasteiger partial charge in [0.15, 0.2) is 6.29 Å². The smallest absolute Gasteiger partial charge is 0.306 e. The Morgan fingerprint density at radius 2 is 0.948 bits per heavy atom. The van der Waals surface area contributed by atoms with E-state index in [1.165, 1.54) is 180 Å². The van der Waals surface area contributed by atoms with E-state index in [0.717, 1.165) is 32.1 Å². The van der Waals surface area contributed by atoms with E-state index in [9.17, 15) is 25.2 Å². The fourth-order valence-corrected chi connectivity index (χ4v) is 7.78. The first-order valence-corrected chi connectivity index (χ1v) is 24.8. The van der Waals surface area contributed by atoms with Crippen LogP contribution in [0, 0.1) is 0 Å². The number of rotatable bonds is 43. The lowest BCUT2D eigenvalue weighted by molar-refractivity contribution is -0.305. The minimum Gasteiger partial charge on any atom is -0.457 e. The van der Waals surface area contributed by atoms with Gasteiger partial charge in [-0.3, -0.25) is 4.79 Å². The molecule has 1 heterocycles. The fourth-order valence-electron chi connectivity index (χ4n) is 7.78. The highest BCUT2D eigenvalue weighted by molar-refractivity contribution is 5.69. The maximum absolute atomic E-state index is 12.8. The zero-order valence-electron chi connectivity index (χ0n) is 37.8. The van der Waals surface area contributed by atoms with Gasteiger partial charge in [-0.2, -0.15) is 0 Å². The van der Waals surface area contributed by atoms with E-state index in [2.05, 4.69) is 26.0 Å². The topological polar surface area (TPSA) is 135 Å². The van der Waals surface area contributed by atoms with Crippen molar-refractivity contribution in [2.45, 2.75) is 269 Å². The second-order valence-corrected chi connectivity index (χ2v) is 17.3. The Hall–Kier alpha value is -1.07. The van der Waals surface area contributed by atoms with Crippen molar-refractivity contribution in [3.63, 3.8) is 0 Å². The maximum atomic E-state index is 12.8. The summed E-state index contributed by atoms with van der Waals surface area (Å²) in [4.78, 5) is 12.8. The fraction of sp³-hybridized carbons (Fsp3) is 0.939. The highest BCUT2D eigenvalue weighted by Crippen LogP contribution is 2.23. The highest BCUT2D eigenvalue weighted by atomic mass is 16.7. The van der Waals surface area contributed by atoms with Gasteiger partial charge in [0.05, 0.1) is 19.8 Å². The van der Waals surface area contributed by atoms with Gasteiger partial charge in [0.25, 0.3) is 0 Å². The second-order valence-electron chi connectivity index (χ2n) is 17.3. The lowest BCUT2D eigenvalue weighted by Crippen LogP contribution is -2.59. The molecule has 0 amide bonds. The number of esters is 1. The number of carbonyl (C=O) groups is 1. The molecule has 0 saturated carbocycles. The number of aliphatic hydroxyl groups excluding tert-OH is 4. The molecule has 0 aliphatic carbocycles. The molecule has 58 heavy (non-hydrogen) atoms. The van der Waals surface area contributed by atoms with E-state index >= 15 is 0 Å². The van der Waals surface area contributed by atoms with Crippen LogP contribution in [0.5, 0.6) is 0 Å². The van der Waals surface area contributed by atoms with E-state index in [1.54, 1.807) is 0 Å². The lowest BCUT2D eigenvalue weighted by Gasteiger charge is -2.39. The predicted octanol–water partition coefficient (Wildman–Crippen LogP) is 11.6. The average molecular weight is 827 g/mol. The van der Waals surface area contributed by atoms with Gasteiger partial charge in [-0.05, 0) is 38.5 Å². The summed E-state index contributed by atoms with van der Waals surface area (Å²) in [7, 11) is 0. The van der Waals surface area contributed by atoms with Gasteiger partial charge in [0.2, 0.25) is 0 Å². The molecule has 9 heteroatoms. The van der Waals surface area contributed by atoms with E-state index in [4.69, 9.17) is 18.9 Å². The molecule has 6 unspecified atom stereocenters. The summed E-state index contributed by atoms with van der Waals surface area (Å²) in [5.74, 6) is -0.310. The van der Waals surface area contributed by atoms with Crippen LogP contribution >= 0.6 is 0 Å². The van der Waals surface area contributed by atoms with Crippen molar-refractivity contribution in [3.05, 3.63) is 12.2 Å². The van der Waals surface area contributed by atoms with Crippen LogP contribution in [0.1, 0.15) is 232 Å². The largest absolute Gasteiger partial charge is 0.457 e. The quantitative estimate of drug-likeness (QED) is 0.0269. The molecule has 0 bridgehead atoms. The summed E-state index contributed by atoms with van der Waals surface area (Å²) in [6.45, 7) is 4.59. The Morgan fingerprint density at radius 3 is 1.40 bits per heavy atom. The van der Waals surface area contributed by atoms with E-state index in [0.29, 0.717) is 13.0 Å². The van der Waals surface area contributed by atoms with E-state index in [-0.39, 0.29) is 19.2 Å². The Kier molecular flexibility index (Phi) is 39.1. The van der Waals surface area contributed by atoms with Crippen LogP contribution in [-0.4, -0.2) is 89.6 Å². The van der Waals surface area contributed by atoms with Gasteiger partial charge in [0.1, 0.15) is 30.5 Å². The highest BCUT2D eigenvalue weighted by Gasteiger charge is 2.44. The molecule has 344 valence electrons. The number of carbonyl (C=O) groups excluding carboxylic acids is 1. The van der Waals surface area contributed by atoms with Gasteiger partial charge >= 0.3 is 5.97 Å². The van der Waals surface area contributed by atoms with Gasteiger partial charge < -0.3 is 39.4 Å². The van der Waals surface area contributed by atoms with Crippen LogP contribution in [0.3, 0.4) is 0 Å². The number of hydrogen-bond donors (Lipinski definition) is 4. The van der Waals surface area contributed by atoms with Crippen molar-refractivity contribution in [2.75, 3.05) is 26.4 Å². The molecule has 0 aromatic heterocycles. The van der Waals surface area contributed by atoms with Gasteiger partial charge in [0, 0.05) is 13.0 Å². The Morgan fingerprint density at radius 1 is 0.534 bits per heavy atom. The molecule has 0 spiro atoms. The number of ether oxygens (including phenoxy) is 4. The molecule has 9 nitrogen and oxygen atoms in total. The van der Waals surface area contributed by atoms with Gasteiger partial charge in [-0.1, -0.05) is 199 Å². The number of hydrogen-bond acceptors (Lipinski definition) is 9. The molecule has 1 fully saturated rings. The molecule has 1 aliphatic rings. The molecular weight excluding hydrogens is 733 g/mol. The zero-order valence-corrected chi connectivity index (χ0v) is 37.8. The monoisotopic (exact) mass is 827 g/mol. The standard InChI is InChI=1S/C49H94O9/c1-3-5-7-9-11-13-15-17-18-19-20-21-22-23-24-25-27-29-31-33-35-37-39-55-41-43(42-56-49-48(54)47(53)46(52)44(40-50)58-49)57-45(51)38-36-34-32-30-28-26-16-14-12-10-8-6-4-2/h19-20,43-44,46-50,52-54H,3-18,21-42H2,1-2H3/b20-19-. The molecule has 1 aliphatic heterocycles. The van der Waals surface area contributed by atoms with Crippen molar-refractivity contribution >= 4 is 5.97 Å². The third kappa shape index (κ3) is 31.8. The Bertz CT molecular complexity index is 899. The van der Waals surface area contributed by atoms with Gasteiger partial charge in [-0.15, -0.1) is 0 Å². The van der Waals surface area contributed by atoms with Gasteiger partial charge in [-0.25, -0.2) is 0 Å². The molecule has 0 aromatic carbocycles. The molecule has 0 radical (unpaired) electrons. The first-order valence-electron chi connectivity index (χ1n) is 24.8. The van der Waals surface area contributed by atoms with E-state index < -0.39 is 43.4 Å². The number of allylic oxidation sites excluding steroid dienone is 2. The SMILES string of the molecule is CCCCCCCCCC/C=C\CCCCCCCCCCCCOCC(COC1OC(CO)C(O)C(O)C1O)OC(=O)CCCCCCCCCCCCCCC. The molecule has 1 saturated heterocycles. The lowest BCUT2D eigenvalue weighted by atomic mass is 9.99. The summed E-state index contributed by atoms with van der Waals surface area (Å²) in [5.41, 5.74) is 0. The summed E-state index contributed by atoms with van der Waals surface area (Å²) in [6, 6.07) is 0. The molecule has 4 N–H and O–H groups in total. The Balaban J connectivity index is 2.18. The number of aliphatic hydroxyl groups is 4. The second kappa shape index (κ2) is 41.3. The van der Waals surface area contributed by atoms with Crippen molar-refractivity contribution in [1.82, 2.24) is 0 Å². The van der Waals surface area contributed by atoms with Crippen molar-refractivity contribution < 1.29 is 44.2 Å².